The molecule has 5 aliphatic carbocycles. The number of para-hydroxylation sites is 2. The van der Waals surface area contributed by atoms with E-state index in [-0.39, 0.29) is 36.4 Å². The molecule has 9 aromatic rings. The minimum absolute atomic E-state index is 0.0727. The van der Waals surface area contributed by atoms with Gasteiger partial charge in [-0.25, -0.2) is 4.57 Å². The third-order valence-electron chi connectivity index (χ3n) is 19.2. The lowest BCUT2D eigenvalue weighted by atomic mass is 9.90. The van der Waals surface area contributed by atoms with E-state index in [4.69, 9.17) is 25.8 Å². The highest BCUT2D eigenvalue weighted by molar-refractivity contribution is 7.53. The number of hydrogen-bond acceptors (Lipinski definition) is 9. The monoisotopic (exact) mass is 1550 g/mol. The average molecular weight is 1560 g/mol. The van der Waals surface area contributed by atoms with Gasteiger partial charge < -0.3 is 30.0 Å². The van der Waals surface area contributed by atoms with Gasteiger partial charge in [0.1, 0.15) is 17.8 Å². The van der Waals surface area contributed by atoms with E-state index in [9.17, 15) is 45.6 Å². The van der Waals surface area contributed by atoms with Crippen LogP contribution >= 0.6 is 7.75 Å². The molecule has 0 heterocycles. The van der Waals surface area contributed by atoms with Crippen LogP contribution in [0.15, 0.2) is 241 Å². The number of alkyl halides is 6. The van der Waals surface area contributed by atoms with E-state index >= 15 is 0 Å². The molecule has 0 aromatic heterocycles. The van der Waals surface area contributed by atoms with Crippen LogP contribution in [0.2, 0.25) is 0 Å². The molecule has 4 N–H and O–H groups in total. The Hall–Kier alpha value is -11.1. The van der Waals surface area contributed by atoms with Gasteiger partial charge in [-0.1, -0.05) is 237 Å². The second kappa shape index (κ2) is 44.2. The number of allylic oxidation sites excluding steroid dienone is 5. The summed E-state index contributed by atoms with van der Waals surface area (Å²) in [7, 11) is -3.95. The SMILES string of the molecule is CC(=O)c1cccc2c1CCC=C2.C[C@@H](N)c1cccc2c1CCC=C2.C[C@@H](N=[N+]=[N-])c1cccc2c1CCC=C2.C[C@@H](NCCCc1cccc(C(F)(F)F)c1)c1cccc2c1CCC=C2.C[C@H](O)c1cccc2c1CCC=C2.O=CCCc1cccc(C(F)(F)F)c1.[N-]=[N+]=NP(=O)(Oc1ccccc1)Oc1ccccc1. The molecule has 14 nitrogen and oxygen atoms in total. The maximum atomic E-state index is 12.8. The zero-order chi connectivity index (χ0) is 81.2. The van der Waals surface area contributed by atoms with E-state index in [1.807, 2.05) is 51.1 Å². The smallest absolute Gasteiger partial charge is 0.411 e. The molecule has 0 amide bonds. The molecule has 0 bridgehead atoms. The molecular formula is C92H97F6N8O6P. The minimum atomic E-state index is -4.31. The number of carbonyl (C=O) groups is 2. The highest BCUT2D eigenvalue weighted by atomic mass is 31.2. The maximum absolute atomic E-state index is 12.8. The molecule has 0 fully saturated rings. The van der Waals surface area contributed by atoms with Crippen molar-refractivity contribution < 1.29 is 54.7 Å². The van der Waals surface area contributed by atoms with Crippen LogP contribution in [0.3, 0.4) is 0 Å². The predicted molar refractivity (Wildman–Crippen MR) is 443 cm³/mol. The van der Waals surface area contributed by atoms with Gasteiger partial charge in [-0.2, -0.15) is 26.3 Å². The summed E-state index contributed by atoms with van der Waals surface area (Å²) in [5, 5.41) is 16.8. The molecule has 0 radical (unpaired) electrons. The highest BCUT2D eigenvalue weighted by Gasteiger charge is 2.32. The molecule has 14 rings (SSSR count). The number of fused-ring (bicyclic) bond motifs is 5. The molecule has 0 saturated heterocycles. The van der Waals surface area contributed by atoms with Gasteiger partial charge in [0.05, 0.1) is 23.3 Å². The Morgan fingerprint density at radius 1 is 0.522 bits per heavy atom. The number of benzene rings is 9. The molecule has 588 valence electrons. The normalized spacial score (nSPS) is 14.1. The Kier molecular flexibility index (Phi) is 34.3. The highest BCUT2D eigenvalue weighted by Crippen LogP contribution is 2.50. The number of ketones is 1. The van der Waals surface area contributed by atoms with Crippen molar-refractivity contribution >= 4 is 50.2 Å². The van der Waals surface area contributed by atoms with Crippen LogP contribution in [-0.4, -0.2) is 23.7 Å². The molecule has 0 spiro atoms. The maximum Gasteiger partial charge on any atom is 0.525 e. The molecule has 5 aliphatic rings. The number of halogens is 6. The molecule has 0 saturated carbocycles. The summed E-state index contributed by atoms with van der Waals surface area (Å²) < 4.78 is 97.6. The lowest BCUT2D eigenvalue weighted by Gasteiger charge is -2.21. The first-order chi connectivity index (χ1) is 54.4. The largest absolute Gasteiger partial charge is 0.525 e. The molecule has 113 heavy (non-hydrogen) atoms. The number of rotatable bonds is 19. The minimum Gasteiger partial charge on any atom is -0.411 e. The van der Waals surface area contributed by atoms with Crippen molar-refractivity contribution in [1.82, 2.24) is 5.32 Å². The zero-order valence-corrected chi connectivity index (χ0v) is 65.2. The van der Waals surface area contributed by atoms with Gasteiger partial charge in [0.2, 0.25) is 0 Å². The number of hydrogen-bond donors (Lipinski definition) is 3. The van der Waals surface area contributed by atoms with E-state index in [1.165, 1.54) is 85.0 Å². The van der Waals surface area contributed by atoms with Crippen molar-refractivity contribution in [3.8, 4) is 11.5 Å². The molecule has 4 atom stereocenters. The molecular weight excluding hydrogens is 1460 g/mol. The lowest BCUT2D eigenvalue weighted by molar-refractivity contribution is -0.138. The first-order valence-corrected chi connectivity index (χ1v) is 39.4. The number of azide groups is 2. The van der Waals surface area contributed by atoms with Crippen LogP contribution in [0, 0.1) is 0 Å². The Bertz CT molecular complexity index is 4810. The molecule has 0 aliphatic heterocycles. The number of carbonyl (C=O) groups excluding carboxylic acids is 2. The number of aliphatic hydroxyl groups is 1. The number of aldehydes is 1. The van der Waals surface area contributed by atoms with Gasteiger partial charge in [0, 0.05) is 38.8 Å². The topological polar surface area (TPSA) is 225 Å². The average Bonchev–Trinajstić information content (AvgIpc) is 0.838. The van der Waals surface area contributed by atoms with Crippen LogP contribution < -0.4 is 20.1 Å². The summed E-state index contributed by atoms with van der Waals surface area (Å²) in [4.78, 5) is 29.8. The molecule has 21 heteroatoms. The summed E-state index contributed by atoms with van der Waals surface area (Å²) in [5.74, 6) is 0.774. The second-order valence-electron chi connectivity index (χ2n) is 27.5. The van der Waals surface area contributed by atoms with Gasteiger partial charge in [-0.15, -0.1) is 0 Å². The summed E-state index contributed by atoms with van der Waals surface area (Å²) in [5.41, 5.74) is 41.8. The van der Waals surface area contributed by atoms with E-state index in [0.29, 0.717) is 36.2 Å². The van der Waals surface area contributed by atoms with E-state index in [0.717, 1.165) is 118 Å². The van der Waals surface area contributed by atoms with Crippen molar-refractivity contribution in [3.05, 3.63) is 357 Å². The van der Waals surface area contributed by atoms with E-state index in [1.54, 1.807) is 79.7 Å². The third-order valence-corrected chi connectivity index (χ3v) is 20.4. The van der Waals surface area contributed by atoms with Crippen LogP contribution in [0.5, 0.6) is 11.5 Å². The Labute approximate surface area is 658 Å². The fourth-order valence-electron chi connectivity index (χ4n) is 13.7. The quantitative estimate of drug-likeness (QED) is 0.0103. The van der Waals surface area contributed by atoms with Gasteiger partial charge in [-0.3, -0.25) is 4.79 Å². The number of nitrogens with zero attached hydrogens (tertiary/aromatic N) is 6. The van der Waals surface area contributed by atoms with Gasteiger partial charge >= 0.3 is 20.1 Å². The number of nitrogens with one attached hydrogen (secondary N) is 1. The Morgan fingerprint density at radius 2 is 0.912 bits per heavy atom. The molecule has 0 unspecified atom stereocenters. The Balaban J connectivity index is 0.000000168. The van der Waals surface area contributed by atoms with Crippen LogP contribution in [0.4, 0.5) is 26.3 Å². The fraction of sp³-hybridized carbons (Fsp3) is 0.283. The van der Waals surface area contributed by atoms with Crippen LogP contribution in [0.1, 0.15) is 214 Å². The summed E-state index contributed by atoms with van der Waals surface area (Å²) in [6, 6.07) is 58.8. The summed E-state index contributed by atoms with van der Waals surface area (Å²) in [6.45, 7) is 10.4. The van der Waals surface area contributed by atoms with Gasteiger partial charge in [-0.05, 0) is 254 Å². The van der Waals surface area contributed by atoms with Crippen molar-refractivity contribution in [3.63, 3.8) is 0 Å². The van der Waals surface area contributed by atoms with E-state index < -0.39 is 31.2 Å². The van der Waals surface area contributed by atoms with Gasteiger partial charge in [0.15, 0.2) is 5.78 Å². The standard InChI is InChI=1S/C22H24F3N.C12H10N3O3P.C12H13N3.C12H15N.C12H14O.C12H12O.C10H9F3O/c1-16(20-13-5-10-18-9-2-3-12-21(18)20)26-14-6-8-17-7-4-11-19(15-17)22(23,24)25;13-14-15-19(16,17-11-7-3-1-4-8-11)18-12-9-5-2-6-10-12;1-9(14-15-13)11-8-4-6-10-5-2-3-7-12(10)11;3*1-9(13)11-8-4-6-10-5-2-3-7-12(10)11;11-10(12,13)9-5-1-3-8(7-9)4-2-6-14/h2,4-5,7,9-11,13,15-16,26H,3,6,8,12,14H2,1H3;1-10H;2,4-6,8-9H,3,7H2,1H3;2,4-6,8-9H,3,7,13H2,1H3;2,4-6,8-9,13H,3,7H2,1H3;2,4-6,8H,3,7H2,1H3;1,3,5-7H,2,4H2/t16-;;3*9-;;/m1.110../s1. The summed E-state index contributed by atoms with van der Waals surface area (Å²) in [6.07, 6.45) is 26.3. The fourth-order valence-corrected chi connectivity index (χ4v) is 14.7. The van der Waals surface area contributed by atoms with Crippen molar-refractivity contribution in [2.45, 2.75) is 161 Å². The van der Waals surface area contributed by atoms with Crippen molar-refractivity contribution in [2.24, 2.45) is 15.7 Å². The zero-order valence-electron chi connectivity index (χ0n) is 64.3. The second-order valence-corrected chi connectivity index (χ2v) is 29.0. The number of Topliss-reactive ketones (excluding diaryl/α,β-unsaturated/α-hetero) is 1. The Morgan fingerprint density at radius 3 is 1.34 bits per heavy atom. The predicted octanol–water partition coefficient (Wildman–Crippen LogP) is 25.6. The van der Waals surface area contributed by atoms with Crippen molar-refractivity contribution in [2.75, 3.05) is 6.54 Å². The first-order valence-electron chi connectivity index (χ1n) is 38.0. The van der Waals surface area contributed by atoms with Crippen LogP contribution in [-0.2, 0) is 66.7 Å². The number of aliphatic hydroxyl groups excluding tert-OH is 1. The van der Waals surface area contributed by atoms with Gasteiger partial charge in [0.25, 0.3) is 0 Å². The van der Waals surface area contributed by atoms with Crippen molar-refractivity contribution in [1.29, 1.82) is 0 Å². The summed E-state index contributed by atoms with van der Waals surface area (Å²) >= 11 is 0. The first kappa shape index (κ1) is 87.5. The lowest BCUT2D eigenvalue weighted by Crippen LogP contribution is -2.22. The molecule has 9 aromatic carbocycles. The van der Waals surface area contributed by atoms with Crippen LogP contribution in [0.25, 0.3) is 51.3 Å². The van der Waals surface area contributed by atoms with E-state index in [2.05, 4.69) is 153 Å². The number of aryl methyl sites for hydroxylation is 2. The third kappa shape index (κ3) is 27.4. The number of nitrogens with two attached hydrogens (primary N) is 1.